The van der Waals surface area contributed by atoms with Gasteiger partial charge in [-0.3, -0.25) is 0 Å². The highest BCUT2D eigenvalue weighted by Crippen LogP contribution is 2.20. The molecular formula is C17H25N5O3. The van der Waals surface area contributed by atoms with Crippen molar-refractivity contribution in [1.82, 2.24) is 15.5 Å². The van der Waals surface area contributed by atoms with E-state index in [4.69, 9.17) is 15.3 Å². The van der Waals surface area contributed by atoms with Crippen molar-refractivity contribution in [3.8, 4) is 11.6 Å². The molecule has 2 aromatic rings. The maximum atomic E-state index is 9.95. The molecule has 5 N–H and O–H groups in total. The highest BCUT2D eigenvalue weighted by molar-refractivity contribution is 5.34. The summed E-state index contributed by atoms with van der Waals surface area (Å²) in [5.74, 6) is 6.75. The third kappa shape index (κ3) is 6.54. The van der Waals surface area contributed by atoms with Crippen LogP contribution in [-0.4, -0.2) is 40.6 Å². The average Bonchev–Trinajstić information content (AvgIpc) is 2.64. The zero-order chi connectivity index (χ0) is 18.1. The fourth-order valence-electron chi connectivity index (χ4n) is 2.01. The highest BCUT2D eigenvalue weighted by Gasteiger charge is 2.09. The van der Waals surface area contributed by atoms with Crippen LogP contribution in [-0.2, 0) is 6.61 Å². The summed E-state index contributed by atoms with van der Waals surface area (Å²) in [7, 11) is 0. The molecule has 25 heavy (non-hydrogen) atoms. The van der Waals surface area contributed by atoms with Crippen molar-refractivity contribution in [1.29, 1.82) is 0 Å². The normalized spacial score (nSPS) is 12.0. The third-order valence-electron chi connectivity index (χ3n) is 3.33. The Morgan fingerprint density at radius 1 is 1.12 bits per heavy atom. The van der Waals surface area contributed by atoms with Gasteiger partial charge in [0.15, 0.2) is 5.82 Å². The zero-order valence-electron chi connectivity index (χ0n) is 14.5. The standard InChI is InChI=1S/C17H25N5O3/c1-12(2)19-9-14(23)11-24-15-6-4-3-5-13(15)10-25-17-8-7-16(20-18)21-22-17/h3-8,12,14,19,23H,9-11,18H2,1-2H3,(H,20,21). The van der Waals surface area contributed by atoms with Crippen molar-refractivity contribution in [2.45, 2.75) is 32.6 Å². The van der Waals surface area contributed by atoms with Crippen LogP contribution in [0.3, 0.4) is 0 Å². The van der Waals surface area contributed by atoms with E-state index in [1.54, 1.807) is 12.1 Å². The number of aromatic nitrogens is 2. The van der Waals surface area contributed by atoms with Gasteiger partial charge in [0.1, 0.15) is 25.1 Å². The molecule has 2 rings (SSSR count). The molecule has 0 radical (unpaired) electrons. The number of hydrazine groups is 1. The van der Waals surface area contributed by atoms with Crippen molar-refractivity contribution < 1.29 is 14.6 Å². The van der Waals surface area contributed by atoms with Gasteiger partial charge in [-0.1, -0.05) is 32.0 Å². The number of nitrogen functional groups attached to an aromatic ring is 1. The number of aliphatic hydroxyl groups excluding tert-OH is 1. The van der Waals surface area contributed by atoms with Crippen LogP contribution in [0, 0.1) is 0 Å². The molecule has 0 spiro atoms. The van der Waals surface area contributed by atoms with E-state index < -0.39 is 6.10 Å². The zero-order valence-corrected chi connectivity index (χ0v) is 14.5. The smallest absolute Gasteiger partial charge is 0.233 e. The summed E-state index contributed by atoms with van der Waals surface area (Å²) in [6.07, 6.45) is -0.585. The first-order chi connectivity index (χ1) is 12.1. The van der Waals surface area contributed by atoms with Crippen molar-refractivity contribution in [3.05, 3.63) is 42.0 Å². The van der Waals surface area contributed by atoms with Crippen molar-refractivity contribution in [3.63, 3.8) is 0 Å². The number of nitrogens with one attached hydrogen (secondary N) is 2. The van der Waals surface area contributed by atoms with Gasteiger partial charge in [-0.2, -0.15) is 0 Å². The topological polar surface area (TPSA) is 115 Å². The number of nitrogens with zero attached hydrogens (tertiary/aromatic N) is 2. The molecule has 136 valence electrons. The second-order valence-corrected chi connectivity index (χ2v) is 5.83. The summed E-state index contributed by atoms with van der Waals surface area (Å²) < 4.78 is 11.3. The minimum atomic E-state index is -0.585. The first-order valence-electron chi connectivity index (χ1n) is 8.13. The van der Waals surface area contributed by atoms with E-state index in [-0.39, 0.29) is 13.2 Å². The molecule has 0 aliphatic carbocycles. The fraction of sp³-hybridized carbons (Fsp3) is 0.412. The lowest BCUT2D eigenvalue weighted by atomic mass is 10.2. The number of benzene rings is 1. The minimum absolute atomic E-state index is 0.202. The predicted octanol–water partition coefficient (Wildman–Crippen LogP) is 1.08. The molecule has 0 aliphatic rings. The van der Waals surface area contributed by atoms with E-state index in [0.29, 0.717) is 30.0 Å². The first kappa shape index (κ1) is 18.9. The van der Waals surface area contributed by atoms with E-state index >= 15 is 0 Å². The maximum absolute atomic E-state index is 9.95. The average molecular weight is 347 g/mol. The van der Waals surface area contributed by atoms with Gasteiger partial charge in [0.2, 0.25) is 5.88 Å². The van der Waals surface area contributed by atoms with Gasteiger partial charge in [0.25, 0.3) is 0 Å². The molecule has 1 aromatic heterocycles. The molecule has 1 aromatic carbocycles. The van der Waals surface area contributed by atoms with Crippen LogP contribution < -0.4 is 26.1 Å². The number of hydrogen-bond acceptors (Lipinski definition) is 8. The lowest BCUT2D eigenvalue weighted by molar-refractivity contribution is 0.103. The summed E-state index contributed by atoms with van der Waals surface area (Å²) in [6.45, 7) is 5.01. The van der Waals surface area contributed by atoms with Crippen molar-refractivity contribution >= 4 is 5.82 Å². The lowest BCUT2D eigenvalue weighted by Crippen LogP contribution is -2.35. The molecule has 1 unspecified atom stereocenters. The number of rotatable bonds is 10. The van der Waals surface area contributed by atoms with Crippen LogP contribution in [0.4, 0.5) is 5.82 Å². The molecule has 1 atom stereocenters. The quantitative estimate of drug-likeness (QED) is 0.373. The van der Waals surface area contributed by atoms with Crippen LogP contribution in [0.1, 0.15) is 19.4 Å². The molecule has 8 nitrogen and oxygen atoms in total. The van der Waals surface area contributed by atoms with E-state index in [0.717, 1.165) is 5.56 Å². The van der Waals surface area contributed by atoms with Gasteiger partial charge in [0.05, 0.1) is 0 Å². The van der Waals surface area contributed by atoms with E-state index in [1.165, 1.54) is 0 Å². The molecule has 0 fully saturated rings. The molecule has 0 aliphatic heterocycles. The Bertz CT molecular complexity index is 636. The van der Waals surface area contributed by atoms with Gasteiger partial charge >= 0.3 is 0 Å². The summed E-state index contributed by atoms with van der Waals surface area (Å²) in [6, 6.07) is 11.2. The SMILES string of the molecule is CC(C)NCC(O)COc1ccccc1COc1ccc(NN)nn1. The number of aliphatic hydroxyl groups is 1. The van der Waals surface area contributed by atoms with Crippen LogP contribution in [0.25, 0.3) is 0 Å². The van der Waals surface area contributed by atoms with Crippen LogP contribution in [0.5, 0.6) is 11.6 Å². The summed E-state index contributed by atoms with van der Waals surface area (Å²) in [5.41, 5.74) is 3.26. The Labute approximate surface area is 147 Å². The molecule has 0 amide bonds. The number of para-hydroxylation sites is 1. The molecular weight excluding hydrogens is 322 g/mol. The molecule has 0 bridgehead atoms. The number of anilines is 1. The van der Waals surface area contributed by atoms with E-state index in [2.05, 4.69) is 20.9 Å². The third-order valence-corrected chi connectivity index (χ3v) is 3.33. The second kappa shape index (κ2) is 9.77. The highest BCUT2D eigenvalue weighted by atomic mass is 16.5. The fourth-order valence-corrected chi connectivity index (χ4v) is 2.01. The molecule has 0 saturated carbocycles. The van der Waals surface area contributed by atoms with E-state index in [1.807, 2.05) is 38.1 Å². The number of nitrogens with two attached hydrogens (primary N) is 1. The summed E-state index contributed by atoms with van der Waals surface area (Å²) in [5, 5.41) is 20.9. The Morgan fingerprint density at radius 2 is 1.92 bits per heavy atom. The first-order valence-corrected chi connectivity index (χ1v) is 8.13. The van der Waals surface area contributed by atoms with Crippen LogP contribution in [0.2, 0.25) is 0 Å². The Hall–Kier alpha value is -2.42. The Balaban J connectivity index is 1.88. The molecule has 1 heterocycles. The Kier molecular flexibility index (Phi) is 7.39. The largest absolute Gasteiger partial charge is 0.490 e. The van der Waals surface area contributed by atoms with Gasteiger partial charge in [-0.25, -0.2) is 5.84 Å². The monoisotopic (exact) mass is 347 g/mol. The Morgan fingerprint density at radius 3 is 2.60 bits per heavy atom. The van der Waals surface area contributed by atoms with Gasteiger partial charge in [0, 0.05) is 24.2 Å². The van der Waals surface area contributed by atoms with Crippen LogP contribution >= 0.6 is 0 Å². The van der Waals surface area contributed by atoms with Crippen LogP contribution in [0.15, 0.2) is 36.4 Å². The van der Waals surface area contributed by atoms with Gasteiger partial charge in [-0.05, 0) is 12.1 Å². The lowest BCUT2D eigenvalue weighted by Gasteiger charge is -2.16. The number of hydrogen-bond donors (Lipinski definition) is 4. The van der Waals surface area contributed by atoms with Crippen molar-refractivity contribution in [2.24, 2.45) is 5.84 Å². The molecule has 0 saturated heterocycles. The minimum Gasteiger partial charge on any atom is -0.490 e. The maximum Gasteiger partial charge on any atom is 0.233 e. The summed E-state index contributed by atoms with van der Waals surface area (Å²) in [4.78, 5) is 0. The summed E-state index contributed by atoms with van der Waals surface area (Å²) >= 11 is 0. The van der Waals surface area contributed by atoms with Gasteiger partial charge in [-0.15, -0.1) is 10.2 Å². The second-order valence-electron chi connectivity index (χ2n) is 5.83. The van der Waals surface area contributed by atoms with Gasteiger partial charge < -0.3 is 25.3 Å². The molecule has 8 heteroatoms. The van der Waals surface area contributed by atoms with Crippen molar-refractivity contribution in [2.75, 3.05) is 18.6 Å². The predicted molar refractivity (Wildman–Crippen MR) is 95.3 cm³/mol. The van der Waals surface area contributed by atoms with E-state index in [9.17, 15) is 5.11 Å². The number of ether oxygens (including phenoxy) is 2.